The highest BCUT2D eigenvalue weighted by Crippen LogP contribution is 2.45. The largest absolute Gasteiger partial charge is 0.489 e. The first-order valence-electron chi connectivity index (χ1n) is 11.0. The lowest BCUT2D eigenvalue weighted by molar-refractivity contribution is -0.182. The summed E-state index contributed by atoms with van der Waals surface area (Å²) in [5.41, 5.74) is 1.49. The van der Waals surface area contributed by atoms with Gasteiger partial charge >= 0.3 is 6.18 Å². The number of carbonyl (C=O) groups excluding carboxylic acids is 1. The Kier molecular flexibility index (Phi) is 6.53. The molecule has 1 atom stereocenters. The molecule has 1 saturated carbocycles. The summed E-state index contributed by atoms with van der Waals surface area (Å²) in [7, 11) is 0. The second-order valence-corrected chi connectivity index (χ2v) is 8.62. The summed E-state index contributed by atoms with van der Waals surface area (Å²) in [6.07, 6.45) is -1.96. The predicted molar refractivity (Wildman–Crippen MR) is 108 cm³/mol. The molecule has 0 unspecified atom stereocenters. The first kappa shape index (κ1) is 21.4. The van der Waals surface area contributed by atoms with Crippen LogP contribution in [-0.4, -0.2) is 62.4 Å². The van der Waals surface area contributed by atoms with Crippen LogP contribution in [0, 0.1) is 5.92 Å². The lowest BCUT2D eigenvalue weighted by atomic mass is 9.78. The van der Waals surface area contributed by atoms with Crippen molar-refractivity contribution in [2.24, 2.45) is 5.92 Å². The van der Waals surface area contributed by atoms with Crippen LogP contribution in [0.2, 0.25) is 0 Å². The number of piperazine rings is 1. The van der Waals surface area contributed by atoms with Gasteiger partial charge in [-0.2, -0.15) is 13.2 Å². The zero-order valence-electron chi connectivity index (χ0n) is 17.1. The van der Waals surface area contributed by atoms with E-state index in [1.54, 1.807) is 6.07 Å². The van der Waals surface area contributed by atoms with Crippen molar-refractivity contribution in [2.45, 2.75) is 50.3 Å². The van der Waals surface area contributed by atoms with Gasteiger partial charge in [0.15, 0.2) is 0 Å². The van der Waals surface area contributed by atoms with Gasteiger partial charge < -0.3 is 20.3 Å². The van der Waals surface area contributed by atoms with Gasteiger partial charge in [-0.25, -0.2) is 0 Å². The minimum Gasteiger partial charge on any atom is -0.489 e. The maximum atomic E-state index is 13.1. The Morgan fingerprint density at radius 2 is 1.73 bits per heavy atom. The molecule has 1 aliphatic carbocycles. The minimum atomic E-state index is -4.13. The summed E-state index contributed by atoms with van der Waals surface area (Å²) >= 11 is 0. The molecule has 1 aromatic rings. The van der Waals surface area contributed by atoms with Crippen LogP contribution in [0.25, 0.3) is 0 Å². The van der Waals surface area contributed by atoms with Crippen LogP contribution >= 0.6 is 0 Å². The van der Waals surface area contributed by atoms with Crippen molar-refractivity contribution in [3.63, 3.8) is 0 Å². The number of benzene rings is 1. The van der Waals surface area contributed by atoms with E-state index < -0.39 is 12.1 Å². The smallest absolute Gasteiger partial charge is 0.391 e. The third-order valence-corrected chi connectivity index (χ3v) is 6.60. The molecule has 30 heavy (non-hydrogen) atoms. The van der Waals surface area contributed by atoms with Gasteiger partial charge in [-0.1, -0.05) is 0 Å². The molecule has 2 aliphatic heterocycles. The van der Waals surface area contributed by atoms with Crippen LogP contribution < -0.4 is 15.4 Å². The second-order valence-electron chi connectivity index (χ2n) is 8.62. The van der Waals surface area contributed by atoms with Crippen LogP contribution in [0.1, 0.15) is 53.9 Å². The van der Waals surface area contributed by atoms with Crippen LogP contribution in [-0.2, 0) is 0 Å². The normalized spacial score (nSPS) is 27.8. The van der Waals surface area contributed by atoms with E-state index in [1.807, 2.05) is 17.0 Å². The first-order valence-corrected chi connectivity index (χ1v) is 11.0. The topological polar surface area (TPSA) is 53.6 Å². The molecular weight excluding hydrogens is 395 g/mol. The minimum absolute atomic E-state index is 0.0104. The Labute approximate surface area is 175 Å². The number of carbonyl (C=O) groups is 1. The summed E-state index contributed by atoms with van der Waals surface area (Å²) in [6, 6.07) is 5.52. The molecule has 4 rings (SSSR count). The van der Waals surface area contributed by atoms with Crippen LogP contribution in [0.5, 0.6) is 5.75 Å². The van der Waals surface area contributed by atoms with Crippen LogP contribution in [0.15, 0.2) is 18.2 Å². The number of nitrogens with zero attached hydrogens (tertiary/aromatic N) is 1. The van der Waals surface area contributed by atoms with Crippen molar-refractivity contribution < 1.29 is 22.7 Å². The first-order chi connectivity index (χ1) is 14.4. The zero-order chi connectivity index (χ0) is 21.1. The Bertz CT molecular complexity index is 736. The van der Waals surface area contributed by atoms with Gasteiger partial charge in [-0.15, -0.1) is 0 Å². The number of nitrogens with one attached hydrogen (secondary N) is 2. The van der Waals surface area contributed by atoms with Crippen molar-refractivity contribution in [2.75, 3.05) is 39.3 Å². The molecule has 2 saturated heterocycles. The predicted octanol–water partition coefficient (Wildman–Crippen LogP) is 3.31. The Hall–Kier alpha value is -1.80. The fourth-order valence-electron chi connectivity index (χ4n) is 4.80. The van der Waals surface area contributed by atoms with Gasteiger partial charge in [0.2, 0.25) is 0 Å². The third-order valence-electron chi connectivity index (χ3n) is 6.60. The molecule has 0 aromatic heterocycles. The molecule has 1 amide bonds. The third kappa shape index (κ3) is 4.91. The van der Waals surface area contributed by atoms with E-state index in [9.17, 15) is 18.0 Å². The number of ether oxygens (including phenoxy) is 1. The number of hydrogen-bond acceptors (Lipinski definition) is 4. The summed E-state index contributed by atoms with van der Waals surface area (Å²) in [5, 5.41) is 6.51. The van der Waals surface area contributed by atoms with E-state index in [-0.39, 0.29) is 30.8 Å². The molecule has 2 N–H and O–H groups in total. The van der Waals surface area contributed by atoms with Gasteiger partial charge in [0.1, 0.15) is 11.9 Å². The van der Waals surface area contributed by atoms with Crippen molar-refractivity contribution in [3.8, 4) is 5.75 Å². The van der Waals surface area contributed by atoms with Crippen LogP contribution in [0.4, 0.5) is 13.2 Å². The molecule has 8 heteroatoms. The van der Waals surface area contributed by atoms with Gasteiger partial charge in [0.05, 0.1) is 5.92 Å². The number of halogens is 3. The quantitative estimate of drug-likeness (QED) is 0.777. The summed E-state index contributed by atoms with van der Waals surface area (Å²) in [4.78, 5) is 14.8. The molecular formula is C22H30F3N3O2. The van der Waals surface area contributed by atoms with Crippen molar-refractivity contribution in [3.05, 3.63) is 29.3 Å². The highest BCUT2D eigenvalue weighted by Gasteiger charge is 2.42. The van der Waals surface area contributed by atoms with Crippen molar-refractivity contribution in [1.29, 1.82) is 0 Å². The lowest BCUT2D eigenvalue weighted by Crippen LogP contribution is -2.46. The fourth-order valence-corrected chi connectivity index (χ4v) is 4.80. The highest BCUT2D eigenvalue weighted by molar-refractivity contribution is 5.94. The zero-order valence-corrected chi connectivity index (χ0v) is 17.1. The summed E-state index contributed by atoms with van der Waals surface area (Å²) in [6.45, 7) is 4.54. The van der Waals surface area contributed by atoms with Crippen molar-refractivity contribution in [1.82, 2.24) is 15.5 Å². The van der Waals surface area contributed by atoms with E-state index in [1.165, 1.54) is 0 Å². The highest BCUT2D eigenvalue weighted by atomic mass is 19.4. The maximum absolute atomic E-state index is 13.1. The summed E-state index contributed by atoms with van der Waals surface area (Å²) < 4.78 is 45.5. The Morgan fingerprint density at radius 3 is 2.37 bits per heavy atom. The number of hydrogen-bond donors (Lipinski definition) is 2. The standard InChI is InChI=1S/C22H30F3N3O2/c23-22(24,25)17-4-1-15(2-5-17)19-13-16(21(29)28-11-9-26-10-12-28)3-6-20(19)30-18-7-8-27-14-18/h3,6,13,15,17-18,26-27H,1-2,4-5,7-12,14H2/t15?,17?,18-/m0/s1. The van der Waals surface area contributed by atoms with Crippen molar-refractivity contribution >= 4 is 5.91 Å². The average molecular weight is 425 g/mol. The van der Waals surface area contributed by atoms with E-state index >= 15 is 0 Å². The molecule has 2 heterocycles. The van der Waals surface area contributed by atoms with E-state index in [0.717, 1.165) is 43.9 Å². The molecule has 0 bridgehead atoms. The molecule has 0 radical (unpaired) electrons. The van der Waals surface area contributed by atoms with E-state index in [2.05, 4.69) is 10.6 Å². The van der Waals surface area contributed by atoms with Crippen LogP contribution in [0.3, 0.4) is 0 Å². The van der Waals surface area contributed by atoms with Gasteiger partial charge in [-0.05, 0) is 68.3 Å². The van der Waals surface area contributed by atoms with E-state index in [4.69, 9.17) is 4.74 Å². The molecule has 1 aromatic carbocycles. The second kappa shape index (κ2) is 9.14. The molecule has 5 nitrogen and oxygen atoms in total. The van der Waals surface area contributed by atoms with Gasteiger partial charge in [0, 0.05) is 38.3 Å². The van der Waals surface area contributed by atoms with Gasteiger partial charge in [0.25, 0.3) is 5.91 Å². The molecule has 166 valence electrons. The number of amides is 1. The molecule has 3 aliphatic rings. The molecule has 3 fully saturated rings. The average Bonchev–Trinajstić information content (AvgIpc) is 3.27. The van der Waals surface area contributed by atoms with E-state index in [0.29, 0.717) is 31.5 Å². The maximum Gasteiger partial charge on any atom is 0.391 e. The Balaban J connectivity index is 1.55. The molecule has 0 spiro atoms. The number of rotatable bonds is 4. The SMILES string of the molecule is O=C(c1ccc(O[C@H]2CCNC2)c(C2CCC(C(F)(F)F)CC2)c1)N1CCNCC1. The monoisotopic (exact) mass is 425 g/mol. The summed E-state index contributed by atoms with van der Waals surface area (Å²) in [5.74, 6) is -0.529. The Morgan fingerprint density at radius 1 is 1.00 bits per heavy atom. The lowest BCUT2D eigenvalue weighted by Gasteiger charge is -2.32. The fraction of sp³-hybridized carbons (Fsp3) is 0.682. The van der Waals surface area contributed by atoms with Gasteiger partial charge in [-0.3, -0.25) is 4.79 Å². The number of alkyl halides is 3.